The third kappa shape index (κ3) is 5.75. The van der Waals surface area contributed by atoms with Gasteiger partial charge in [-0.25, -0.2) is 9.78 Å². The summed E-state index contributed by atoms with van der Waals surface area (Å²) in [6.45, 7) is 2.11. The van der Waals surface area contributed by atoms with Crippen LogP contribution in [0.25, 0.3) is 0 Å². The Morgan fingerprint density at radius 3 is 2.94 bits per heavy atom. The van der Waals surface area contributed by atoms with Gasteiger partial charge in [-0.05, 0) is 55.4 Å². The first-order chi connectivity index (χ1) is 15.6. The number of nitrogens with one attached hydrogen (secondary N) is 1. The zero-order chi connectivity index (χ0) is 22.3. The number of ether oxygens (including phenoxy) is 1. The predicted octanol–water partition coefficient (Wildman–Crippen LogP) is 5.82. The standard InChI is InChI=1S/C24H27N3O3S2/c1-30-21-14-19(23(28)29)11-12-20(21)26-32-22-16-31-24(25-22)27-13-5-8-18(15-27)10-9-17-6-3-2-4-7-17/h2-4,6-7,11-12,14,16,18,26H,5,8-10,13,15H2,1H3,(H,28,29). The zero-order valence-corrected chi connectivity index (χ0v) is 19.6. The summed E-state index contributed by atoms with van der Waals surface area (Å²) in [5.41, 5.74) is 2.33. The summed E-state index contributed by atoms with van der Waals surface area (Å²) in [6.07, 6.45) is 4.82. The number of aryl methyl sites for hydroxylation is 1. The van der Waals surface area contributed by atoms with Gasteiger partial charge in [-0.2, -0.15) is 0 Å². The molecule has 1 saturated heterocycles. The lowest BCUT2D eigenvalue weighted by Crippen LogP contribution is -2.35. The van der Waals surface area contributed by atoms with Crippen molar-refractivity contribution in [3.05, 3.63) is 65.0 Å². The Labute approximate surface area is 196 Å². The molecule has 0 amide bonds. The smallest absolute Gasteiger partial charge is 0.335 e. The third-order valence-electron chi connectivity index (χ3n) is 5.66. The minimum Gasteiger partial charge on any atom is -0.495 e. The molecule has 168 valence electrons. The van der Waals surface area contributed by atoms with Gasteiger partial charge in [0.1, 0.15) is 10.8 Å². The summed E-state index contributed by atoms with van der Waals surface area (Å²) < 4.78 is 8.56. The Balaban J connectivity index is 1.33. The summed E-state index contributed by atoms with van der Waals surface area (Å²) >= 11 is 3.07. The lowest BCUT2D eigenvalue weighted by Gasteiger charge is -2.32. The highest BCUT2D eigenvalue weighted by molar-refractivity contribution is 8.00. The van der Waals surface area contributed by atoms with Crippen LogP contribution in [0, 0.1) is 5.92 Å². The minimum absolute atomic E-state index is 0.195. The maximum absolute atomic E-state index is 11.2. The van der Waals surface area contributed by atoms with E-state index in [0.717, 1.165) is 35.4 Å². The first kappa shape index (κ1) is 22.5. The van der Waals surface area contributed by atoms with E-state index >= 15 is 0 Å². The van der Waals surface area contributed by atoms with E-state index in [1.54, 1.807) is 23.5 Å². The van der Waals surface area contributed by atoms with Crippen LogP contribution < -0.4 is 14.4 Å². The molecular weight excluding hydrogens is 442 g/mol. The molecule has 2 aromatic carbocycles. The normalized spacial score (nSPS) is 16.0. The summed E-state index contributed by atoms with van der Waals surface area (Å²) in [5.74, 6) is 0.208. The number of methoxy groups -OCH3 is 1. The number of aromatic nitrogens is 1. The number of carboxylic acid groups (broad SMARTS) is 1. The van der Waals surface area contributed by atoms with Gasteiger partial charge in [0.15, 0.2) is 5.13 Å². The van der Waals surface area contributed by atoms with Crippen molar-refractivity contribution in [2.75, 3.05) is 29.8 Å². The van der Waals surface area contributed by atoms with Gasteiger partial charge in [0.2, 0.25) is 0 Å². The number of hydrogen-bond acceptors (Lipinski definition) is 7. The van der Waals surface area contributed by atoms with E-state index in [2.05, 4.69) is 45.3 Å². The molecule has 1 aromatic heterocycles. The first-order valence-corrected chi connectivity index (χ1v) is 12.4. The van der Waals surface area contributed by atoms with E-state index in [-0.39, 0.29) is 5.56 Å². The van der Waals surface area contributed by atoms with Crippen LogP contribution >= 0.6 is 23.3 Å². The van der Waals surface area contributed by atoms with Crippen molar-refractivity contribution in [2.45, 2.75) is 30.7 Å². The second kappa shape index (κ2) is 10.7. The SMILES string of the molecule is COc1cc(C(=O)O)ccc1NSc1csc(N2CCCC(CCc3ccccc3)C2)n1. The molecule has 2 N–H and O–H groups in total. The van der Waals surface area contributed by atoms with Gasteiger partial charge >= 0.3 is 5.97 Å². The highest BCUT2D eigenvalue weighted by Crippen LogP contribution is 2.34. The maximum Gasteiger partial charge on any atom is 0.335 e. The molecule has 6 nitrogen and oxygen atoms in total. The van der Waals surface area contributed by atoms with Crippen LogP contribution in [0.1, 0.15) is 35.2 Å². The number of aromatic carboxylic acids is 1. The van der Waals surface area contributed by atoms with Gasteiger partial charge in [0.05, 0.1) is 18.4 Å². The highest BCUT2D eigenvalue weighted by Gasteiger charge is 2.22. The number of piperidine rings is 1. The predicted molar refractivity (Wildman–Crippen MR) is 131 cm³/mol. The fraction of sp³-hybridized carbons (Fsp3) is 0.333. The van der Waals surface area contributed by atoms with Crippen LogP contribution in [-0.2, 0) is 6.42 Å². The van der Waals surface area contributed by atoms with Crippen molar-refractivity contribution in [1.29, 1.82) is 0 Å². The third-order valence-corrected chi connectivity index (χ3v) is 7.45. The van der Waals surface area contributed by atoms with Gasteiger partial charge in [0, 0.05) is 30.4 Å². The second-order valence-corrected chi connectivity index (χ2v) is 9.53. The number of nitrogens with zero attached hydrogens (tertiary/aromatic N) is 2. The Morgan fingerprint density at radius 1 is 1.31 bits per heavy atom. The average molecular weight is 470 g/mol. The highest BCUT2D eigenvalue weighted by atomic mass is 32.2. The van der Waals surface area contributed by atoms with Gasteiger partial charge in [-0.3, -0.25) is 0 Å². The number of anilines is 2. The van der Waals surface area contributed by atoms with Gasteiger partial charge in [-0.1, -0.05) is 30.3 Å². The lowest BCUT2D eigenvalue weighted by molar-refractivity contribution is 0.0696. The van der Waals surface area contributed by atoms with Crippen LogP contribution in [0.2, 0.25) is 0 Å². The van der Waals surface area contributed by atoms with E-state index in [1.165, 1.54) is 50.0 Å². The summed E-state index contributed by atoms with van der Waals surface area (Å²) in [7, 11) is 1.53. The molecule has 0 spiro atoms. The second-order valence-electron chi connectivity index (χ2n) is 7.87. The molecular formula is C24H27N3O3S2. The number of carboxylic acids is 1. The molecule has 3 aromatic rings. The molecule has 4 rings (SSSR count). The molecule has 0 aliphatic carbocycles. The van der Waals surface area contributed by atoms with E-state index in [4.69, 9.17) is 14.8 Å². The van der Waals surface area contributed by atoms with Crippen molar-refractivity contribution in [3.63, 3.8) is 0 Å². The molecule has 1 aliphatic rings. The molecule has 32 heavy (non-hydrogen) atoms. The number of thiazole rings is 1. The Kier molecular flexibility index (Phi) is 7.55. The summed E-state index contributed by atoms with van der Waals surface area (Å²) in [4.78, 5) is 18.4. The quantitative estimate of drug-likeness (QED) is 0.383. The van der Waals surface area contributed by atoms with Gasteiger partial charge in [-0.15, -0.1) is 11.3 Å². The molecule has 8 heteroatoms. The minimum atomic E-state index is -0.977. The van der Waals surface area contributed by atoms with Crippen molar-refractivity contribution >= 4 is 40.1 Å². The van der Waals surface area contributed by atoms with Crippen molar-refractivity contribution in [3.8, 4) is 5.75 Å². The lowest BCUT2D eigenvalue weighted by atomic mass is 9.92. The fourth-order valence-corrected chi connectivity index (χ4v) is 5.58. The summed E-state index contributed by atoms with van der Waals surface area (Å²) in [5, 5.41) is 13.2. The van der Waals surface area contributed by atoms with Crippen LogP contribution in [0.3, 0.4) is 0 Å². The number of rotatable bonds is 9. The molecule has 1 unspecified atom stereocenters. The van der Waals surface area contributed by atoms with E-state index < -0.39 is 5.97 Å². The molecule has 1 atom stereocenters. The molecule has 2 heterocycles. The maximum atomic E-state index is 11.2. The van der Waals surface area contributed by atoms with Crippen molar-refractivity contribution in [2.24, 2.45) is 5.92 Å². The topological polar surface area (TPSA) is 74.7 Å². The van der Waals surface area contributed by atoms with E-state index in [9.17, 15) is 4.79 Å². The van der Waals surface area contributed by atoms with Crippen molar-refractivity contribution < 1.29 is 14.6 Å². The summed E-state index contributed by atoms with van der Waals surface area (Å²) in [6, 6.07) is 15.5. The van der Waals surface area contributed by atoms with Crippen LogP contribution in [0.15, 0.2) is 58.9 Å². The molecule has 1 aliphatic heterocycles. The first-order valence-electron chi connectivity index (χ1n) is 10.7. The number of hydrogen-bond donors (Lipinski definition) is 2. The van der Waals surface area contributed by atoms with Gasteiger partial charge in [0.25, 0.3) is 0 Å². The Hall–Kier alpha value is -2.71. The van der Waals surface area contributed by atoms with E-state index in [1.807, 2.05) is 0 Å². The average Bonchev–Trinajstić information content (AvgIpc) is 3.31. The molecule has 0 bridgehead atoms. The number of benzene rings is 2. The van der Waals surface area contributed by atoms with Crippen LogP contribution in [0.4, 0.5) is 10.8 Å². The van der Waals surface area contributed by atoms with Crippen LogP contribution in [0.5, 0.6) is 5.75 Å². The Morgan fingerprint density at radius 2 is 2.16 bits per heavy atom. The fourth-order valence-electron chi connectivity index (χ4n) is 3.95. The largest absolute Gasteiger partial charge is 0.495 e. The molecule has 1 fully saturated rings. The number of carbonyl (C=O) groups is 1. The monoisotopic (exact) mass is 469 g/mol. The van der Waals surface area contributed by atoms with Crippen molar-refractivity contribution in [1.82, 2.24) is 4.98 Å². The van der Waals surface area contributed by atoms with E-state index in [0.29, 0.717) is 11.7 Å². The van der Waals surface area contributed by atoms with Gasteiger partial charge < -0.3 is 19.5 Å². The Bertz CT molecular complexity index is 1040. The molecule has 0 radical (unpaired) electrons. The molecule has 0 saturated carbocycles. The van der Waals surface area contributed by atoms with Crippen LogP contribution in [-0.4, -0.2) is 36.3 Å². The zero-order valence-electron chi connectivity index (χ0n) is 18.0.